The molecule has 2 aromatic carbocycles. The quantitative estimate of drug-likeness (QED) is 0.249. The number of benzene rings is 2. The second kappa shape index (κ2) is 11.4. The first kappa shape index (κ1) is 28.4. The molecule has 0 spiro atoms. The highest BCUT2D eigenvalue weighted by molar-refractivity contribution is 7.91. The number of methoxy groups -OCH3 is 3. The van der Waals surface area contributed by atoms with E-state index >= 15 is 0 Å². The van der Waals surface area contributed by atoms with Crippen molar-refractivity contribution in [2.45, 2.75) is 31.0 Å². The highest BCUT2D eigenvalue weighted by atomic mass is 32.2. The van der Waals surface area contributed by atoms with Crippen LogP contribution in [0.25, 0.3) is 27.3 Å². The predicted molar refractivity (Wildman–Crippen MR) is 156 cm³/mol. The van der Waals surface area contributed by atoms with E-state index < -0.39 is 26.9 Å². The van der Waals surface area contributed by atoms with Crippen LogP contribution in [-0.4, -0.2) is 64.7 Å². The average Bonchev–Trinajstić information content (AvgIpc) is 3.54. The molecular weight excluding hydrogens is 566 g/mol. The molecule has 0 unspecified atom stereocenters. The lowest BCUT2D eigenvalue weighted by Gasteiger charge is -2.22. The van der Waals surface area contributed by atoms with E-state index in [0.29, 0.717) is 33.7 Å². The van der Waals surface area contributed by atoms with Gasteiger partial charge >= 0.3 is 0 Å². The van der Waals surface area contributed by atoms with Crippen molar-refractivity contribution in [3.05, 3.63) is 66.0 Å². The van der Waals surface area contributed by atoms with E-state index in [9.17, 15) is 8.42 Å². The predicted octanol–water partition coefficient (Wildman–Crippen LogP) is 3.93. The number of aryl methyl sites for hydroxylation is 1. The molecule has 5 rings (SSSR count). The first-order valence-electron chi connectivity index (χ1n) is 12.5. The SMILES string of the molecule is COc1cccc(OC)c1-n1c(CS(=O)(=O)[C@@H](C)[C@H](OC)c2ncc(C)cn2)nnc1-c1ccc2nc(N)sc2c1. The fraction of sp³-hybridized carbons (Fsp3) is 0.296. The number of hydrogen-bond donors (Lipinski definition) is 1. The van der Waals surface area contributed by atoms with E-state index in [1.165, 1.54) is 32.7 Å². The second-order valence-electron chi connectivity index (χ2n) is 9.31. The van der Waals surface area contributed by atoms with Crippen LogP contribution >= 0.6 is 11.3 Å². The zero-order chi connectivity index (χ0) is 29.3. The van der Waals surface area contributed by atoms with E-state index in [4.69, 9.17) is 19.9 Å². The molecule has 2 atom stereocenters. The molecule has 214 valence electrons. The third-order valence-corrected chi connectivity index (χ3v) is 9.54. The fourth-order valence-corrected chi connectivity index (χ4v) is 6.71. The Bertz CT molecular complexity index is 1780. The van der Waals surface area contributed by atoms with Crippen molar-refractivity contribution in [1.82, 2.24) is 29.7 Å². The van der Waals surface area contributed by atoms with Gasteiger partial charge in [-0.25, -0.2) is 23.4 Å². The maximum atomic E-state index is 13.9. The molecule has 12 nitrogen and oxygen atoms in total. The lowest BCUT2D eigenvalue weighted by Crippen LogP contribution is -2.30. The Labute approximate surface area is 241 Å². The maximum absolute atomic E-state index is 13.9. The van der Waals surface area contributed by atoms with E-state index in [-0.39, 0.29) is 11.6 Å². The normalized spacial score (nSPS) is 13.3. The number of nitrogens with zero attached hydrogens (tertiary/aromatic N) is 6. The van der Waals surface area contributed by atoms with E-state index in [0.717, 1.165) is 15.8 Å². The maximum Gasteiger partial charge on any atom is 0.181 e. The summed E-state index contributed by atoms with van der Waals surface area (Å²) in [6.07, 6.45) is 2.35. The van der Waals surface area contributed by atoms with Crippen LogP contribution in [0.5, 0.6) is 11.5 Å². The summed E-state index contributed by atoms with van der Waals surface area (Å²) in [4.78, 5) is 12.9. The lowest BCUT2D eigenvalue weighted by molar-refractivity contribution is 0.0947. The van der Waals surface area contributed by atoms with Gasteiger partial charge in [0, 0.05) is 25.1 Å². The number of anilines is 1. The van der Waals surface area contributed by atoms with Gasteiger partial charge in [-0.3, -0.25) is 4.57 Å². The number of hydrogen-bond acceptors (Lipinski definition) is 12. The number of fused-ring (bicyclic) bond motifs is 1. The summed E-state index contributed by atoms with van der Waals surface area (Å²) < 4.78 is 47.1. The van der Waals surface area contributed by atoms with Crippen molar-refractivity contribution in [3.8, 4) is 28.6 Å². The summed E-state index contributed by atoms with van der Waals surface area (Å²) in [5.41, 5.74) is 8.66. The summed E-state index contributed by atoms with van der Waals surface area (Å²) >= 11 is 1.34. The van der Waals surface area contributed by atoms with Gasteiger partial charge in [0.25, 0.3) is 0 Å². The number of rotatable bonds is 10. The van der Waals surface area contributed by atoms with Crippen LogP contribution in [-0.2, 0) is 20.3 Å². The molecule has 0 saturated heterocycles. The molecule has 5 aromatic rings. The summed E-state index contributed by atoms with van der Waals surface area (Å²) in [6.45, 7) is 3.42. The van der Waals surface area contributed by atoms with Crippen molar-refractivity contribution in [1.29, 1.82) is 0 Å². The van der Waals surface area contributed by atoms with E-state index in [1.54, 1.807) is 42.1 Å². The van der Waals surface area contributed by atoms with Crippen LogP contribution in [0.3, 0.4) is 0 Å². The van der Waals surface area contributed by atoms with Crippen LogP contribution < -0.4 is 15.2 Å². The molecule has 0 amide bonds. The molecule has 2 N–H and O–H groups in total. The molecule has 0 aliphatic carbocycles. The lowest BCUT2D eigenvalue weighted by atomic mass is 10.2. The van der Waals surface area contributed by atoms with Gasteiger partial charge in [-0.05, 0) is 49.7 Å². The van der Waals surface area contributed by atoms with E-state index in [2.05, 4.69) is 25.1 Å². The number of ether oxygens (including phenoxy) is 3. The van der Waals surface area contributed by atoms with Gasteiger partial charge in [-0.15, -0.1) is 10.2 Å². The highest BCUT2D eigenvalue weighted by Gasteiger charge is 2.35. The van der Waals surface area contributed by atoms with Crippen LogP contribution in [0.1, 0.15) is 30.2 Å². The number of nitrogens with two attached hydrogens (primary N) is 1. The average molecular weight is 596 g/mol. The van der Waals surface area contributed by atoms with Gasteiger partial charge in [-0.1, -0.05) is 17.4 Å². The van der Waals surface area contributed by atoms with Crippen molar-refractivity contribution in [2.75, 3.05) is 27.1 Å². The number of nitrogen functional groups attached to an aromatic ring is 1. The first-order valence-corrected chi connectivity index (χ1v) is 15.0. The Morgan fingerprint density at radius 3 is 2.34 bits per heavy atom. The van der Waals surface area contributed by atoms with Gasteiger partial charge in [0.2, 0.25) is 0 Å². The van der Waals surface area contributed by atoms with Crippen molar-refractivity contribution in [3.63, 3.8) is 0 Å². The van der Waals surface area contributed by atoms with Crippen LogP contribution in [0.15, 0.2) is 48.8 Å². The molecule has 0 aliphatic rings. The minimum atomic E-state index is -3.89. The zero-order valence-corrected chi connectivity index (χ0v) is 24.7. The minimum absolute atomic E-state index is 0.165. The van der Waals surface area contributed by atoms with Crippen molar-refractivity contribution < 1.29 is 22.6 Å². The summed E-state index contributed by atoms with van der Waals surface area (Å²) in [5, 5.41) is 8.23. The third kappa shape index (κ3) is 5.45. The number of para-hydroxylation sites is 1. The van der Waals surface area contributed by atoms with Crippen LogP contribution in [0.4, 0.5) is 5.13 Å². The van der Waals surface area contributed by atoms with E-state index in [1.807, 2.05) is 25.1 Å². The zero-order valence-electron chi connectivity index (χ0n) is 23.1. The molecule has 0 bridgehead atoms. The first-order chi connectivity index (χ1) is 19.7. The molecule has 3 heterocycles. The summed E-state index contributed by atoms with van der Waals surface area (Å²) in [5.74, 6) is 1.28. The van der Waals surface area contributed by atoms with Crippen molar-refractivity contribution >= 4 is 36.5 Å². The fourth-order valence-electron chi connectivity index (χ4n) is 4.52. The number of thiazole rings is 1. The van der Waals surface area contributed by atoms with Crippen molar-refractivity contribution in [2.24, 2.45) is 0 Å². The van der Waals surface area contributed by atoms with Crippen LogP contribution in [0, 0.1) is 6.92 Å². The topological polar surface area (TPSA) is 157 Å². The Morgan fingerprint density at radius 1 is 1.02 bits per heavy atom. The smallest absolute Gasteiger partial charge is 0.181 e. The molecule has 14 heteroatoms. The number of aromatic nitrogens is 6. The molecule has 0 fully saturated rings. The largest absolute Gasteiger partial charge is 0.494 e. The molecule has 3 aromatic heterocycles. The Morgan fingerprint density at radius 2 is 1.71 bits per heavy atom. The van der Waals surface area contributed by atoms with Gasteiger partial charge in [0.05, 0.1) is 29.7 Å². The van der Waals surface area contributed by atoms with Gasteiger partial charge < -0.3 is 19.9 Å². The Hall–Kier alpha value is -4.14. The molecule has 0 aliphatic heterocycles. The minimum Gasteiger partial charge on any atom is -0.494 e. The van der Waals surface area contributed by atoms with Gasteiger partial charge in [0.1, 0.15) is 29.0 Å². The third-order valence-electron chi connectivity index (χ3n) is 6.65. The van der Waals surface area contributed by atoms with Crippen LogP contribution in [0.2, 0.25) is 0 Å². The monoisotopic (exact) mass is 595 g/mol. The second-order valence-corrected chi connectivity index (χ2v) is 12.7. The summed E-state index contributed by atoms with van der Waals surface area (Å²) in [6, 6.07) is 10.8. The summed E-state index contributed by atoms with van der Waals surface area (Å²) in [7, 11) is 0.597. The molecular formula is C27H29N7O5S2. The highest BCUT2D eigenvalue weighted by Crippen LogP contribution is 2.38. The molecule has 0 saturated carbocycles. The van der Waals surface area contributed by atoms with Gasteiger partial charge in [-0.2, -0.15) is 0 Å². The standard InChI is InChI=1S/C27H29N7O5S2/c1-15-12-29-25(30-13-15)24(39-5)16(2)41(35,36)14-22-32-33-26(17-9-10-18-21(11-17)40-27(28)31-18)34(22)23-19(37-3)7-6-8-20(23)38-4/h6-13,16,24H,14H2,1-5H3,(H2,28,31)/t16-,24-/m0/s1. The molecule has 41 heavy (non-hydrogen) atoms. The molecule has 0 radical (unpaired) electrons. The Kier molecular flexibility index (Phi) is 7.89. The van der Waals surface area contributed by atoms with Gasteiger partial charge in [0.15, 0.2) is 32.4 Å². The number of sulfone groups is 1. The Balaban J connectivity index is 1.64.